The molecule has 1 aromatic rings. The minimum Gasteiger partial charge on any atom is -0.343 e. The van der Waals surface area contributed by atoms with Crippen LogP contribution in [-0.2, 0) is 0 Å². The Morgan fingerprint density at radius 1 is 1.75 bits per heavy atom. The van der Waals surface area contributed by atoms with E-state index >= 15 is 0 Å². The molecule has 0 fully saturated rings. The molecule has 0 spiro atoms. The number of hydrogen-bond acceptors (Lipinski definition) is 2. The van der Waals surface area contributed by atoms with Crippen molar-refractivity contribution in [3.05, 3.63) is 36.9 Å². The predicted molar refractivity (Wildman–Crippen MR) is 46.4 cm³/mol. The quantitative estimate of drug-likeness (QED) is 0.539. The summed E-state index contributed by atoms with van der Waals surface area (Å²) in [6, 6.07) is 0. The summed E-state index contributed by atoms with van der Waals surface area (Å²) in [7, 11) is 0. The van der Waals surface area contributed by atoms with E-state index in [0.29, 0.717) is 11.5 Å². The Hall–Kier alpha value is -1.71. The van der Waals surface area contributed by atoms with Crippen LogP contribution in [-0.4, -0.2) is 16.4 Å². The summed E-state index contributed by atoms with van der Waals surface area (Å²) < 4.78 is 11.7. The van der Waals surface area contributed by atoms with Gasteiger partial charge in [-0.05, 0) is 6.08 Å². The van der Waals surface area contributed by atoms with Crippen LogP contribution in [0.3, 0.4) is 0 Å². The summed E-state index contributed by atoms with van der Waals surface area (Å²) >= 11 is 0. The number of nitrogens with one attached hydrogen (secondary N) is 1. The minimum absolute atomic E-state index is 0.220. The van der Waals surface area contributed by atoms with Gasteiger partial charge in [0.25, 0.3) is 0 Å². The highest BCUT2D eigenvalue weighted by atomic mass is 19.1. The average molecular weight is 165 g/mol. The van der Waals surface area contributed by atoms with E-state index in [0.717, 1.165) is 0 Å². The molecule has 12 heavy (non-hydrogen) atoms. The van der Waals surface area contributed by atoms with Gasteiger partial charge in [-0.1, -0.05) is 12.7 Å². The Bertz CT molecular complexity index is 298. The molecule has 1 heterocycles. The van der Waals surface area contributed by atoms with Crippen molar-refractivity contribution >= 4 is 12.2 Å². The van der Waals surface area contributed by atoms with Crippen molar-refractivity contribution in [2.45, 2.75) is 0 Å². The van der Waals surface area contributed by atoms with Gasteiger partial charge in [0.05, 0.1) is 0 Å². The molecule has 1 rings (SSSR count). The lowest BCUT2D eigenvalue weighted by molar-refractivity contribution is 0.841. The number of rotatable bonds is 3. The van der Waals surface area contributed by atoms with Crippen LogP contribution in [0.2, 0.25) is 0 Å². The summed E-state index contributed by atoms with van der Waals surface area (Å²) in [6.07, 6.45) is 6.29. The summed E-state index contributed by atoms with van der Waals surface area (Å²) in [5.41, 5.74) is 0.414. The molecule has 0 saturated heterocycles. The number of aliphatic imine (C=N–C) groups is 1. The zero-order chi connectivity index (χ0) is 8.81. The molecule has 1 aromatic heterocycles. The van der Waals surface area contributed by atoms with Gasteiger partial charge in [-0.2, -0.15) is 4.39 Å². The van der Waals surface area contributed by atoms with Gasteiger partial charge in [-0.25, -0.2) is 9.98 Å². The van der Waals surface area contributed by atoms with Crippen molar-refractivity contribution in [2.75, 3.05) is 0 Å². The highest BCUT2D eigenvalue weighted by molar-refractivity contribution is 5.67. The highest BCUT2D eigenvalue weighted by Gasteiger charge is 1.98. The molecule has 0 unspecified atom stereocenters. The molecule has 1 N–H and O–H groups in total. The van der Waals surface area contributed by atoms with Crippen molar-refractivity contribution in [1.82, 2.24) is 9.97 Å². The summed E-state index contributed by atoms with van der Waals surface area (Å²) in [4.78, 5) is 10.2. The molecular formula is C8H8FN3. The third kappa shape index (κ3) is 1.88. The smallest absolute Gasteiger partial charge is 0.176 e. The van der Waals surface area contributed by atoms with Crippen LogP contribution in [0.15, 0.2) is 36.1 Å². The first-order valence-electron chi connectivity index (χ1n) is 3.33. The van der Waals surface area contributed by atoms with E-state index in [9.17, 15) is 4.39 Å². The Kier molecular flexibility index (Phi) is 2.95. The van der Waals surface area contributed by atoms with Crippen LogP contribution >= 0.6 is 0 Å². The molecule has 4 heteroatoms. The number of imidazole rings is 1. The second kappa shape index (κ2) is 4.23. The lowest BCUT2D eigenvalue weighted by Crippen LogP contribution is -1.83. The van der Waals surface area contributed by atoms with Crippen LogP contribution in [0.5, 0.6) is 0 Å². The Balaban J connectivity index is 2.95. The molecule has 0 saturated carbocycles. The first-order chi connectivity index (χ1) is 5.88. The molecule has 0 amide bonds. The number of hydrogen-bond donors (Lipinski definition) is 1. The van der Waals surface area contributed by atoms with Gasteiger partial charge < -0.3 is 4.98 Å². The van der Waals surface area contributed by atoms with E-state index in [1.54, 1.807) is 18.5 Å². The molecule has 0 radical (unpaired) electrons. The lowest BCUT2D eigenvalue weighted by Gasteiger charge is -1.92. The van der Waals surface area contributed by atoms with Gasteiger partial charge in [-0.15, -0.1) is 0 Å². The average Bonchev–Trinajstić information content (AvgIpc) is 2.56. The summed E-state index contributed by atoms with van der Waals surface area (Å²) in [5, 5.41) is 0. The maximum atomic E-state index is 11.7. The molecule has 0 bridgehead atoms. The Morgan fingerprint density at radius 3 is 3.08 bits per heavy atom. The Morgan fingerprint density at radius 2 is 2.58 bits per heavy atom. The van der Waals surface area contributed by atoms with Crippen LogP contribution in [0.1, 0.15) is 5.82 Å². The van der Waals surface area contributed by atoms with E-state index in [-0.39, 0.29) is 6.47 Å². The van der Waals surface area contributed by atoms with Gasteiger partial charge in [0, 0.05) is 12.4 Å². The SMILES string of the molecule is C=C/C=C(\N=C\F)c1ncc[nH]1. The van der Waals surface area contributed by atoms with E-state index in [1.807, 2.05) is 0 Å². The third-order valence-corrected chi connectivity index (χ3v) is 1.20. The van der Waals surface area contributed by atoms with Crippen LogP contribution in [0.4, 0.5) is 4.39 Å². The predicted octanol–water partition coefficient (Wildman–Crippen LogP) is 1.93. The molecule has 0 aliphatic heterocycles. The second-order valence-corrected chi connectivity index (χ2v) is 1.95. The van der Waals surface area contributed by atoms with Gasteiger partial charge in [0.1, 0.15) is 5.70 Å². The molecule has 0 aliphatic carbocycles. The number of aromatic nitrogens is 2. The van der Waals surface area contributed by atoms with Crippen molar-refractivity contribution in [2.24, 2.45) is 4.99 Å². The Labute approximate surface area is 69.4 Å². The normalized spacial score (nSPS) is 12.2. The summed E-state index contributed by atoms with van der Waals surface area (Å²) in [5.74, 6) is 0.517. The molecule has 0 aromatic carbocycles. The van der Waals surface area contributed by atoms with Crippen molar-refractivity contribution < 1.29 is 4.39 Å². The minimum atomic E-state index is 0.220. The highest BCUT2D eigenvalue weighted by Crippen LogP contribution is 2.09. The topological polar surface area (TPSA) is 41.0 Å². The van der Waals surface area contributed by atoms with Crippen molar-refractivity contribution in [3.8, 4) is 0 Å². The number of nitrogens with zero attached hydrogens (tertiary/aromatic N) is 2. The monoisotopic (exact) mass is 165 g/mol. The first kappa shape index (κ1) is 8.39. The molecule has 0 aliphatic rings. The third-order valence-electron chi connectivity index (χ3n) is 1.20. The molecular weight excluding hydrogens is 157 g/mol. The van der Waals surface area contributed by atoms with Crippen molar-refractivity contribution in [1.29, 1.82) is 0 Å². The van der Waals surface area contributed by atoms with Gasteiger partial charge in [-0.3, -0.25) is 0 Å². The van der Waals surface area contributed by atoms with E-state index in [1.165, 1.54) is 6.08 Å². The maximum absolute atomic E-state index is 11.7. The number of H-pyrrole nitrogens is 1. The van der Waals surface area contributed by atoms with Crippen LogP contribution in [0, 0.1) is 0 Å². The van der Waals surface area contributed by atoms with Gasteiger partial charge >= 0.3 is 0 Å². The van der Waals surface area contributed by atoms with E-state index < -0.39 is 0 Å². The first-order valence-corrected chi connectivity index (χ1v) is 3.33. The fraction of sp³-hybridized carbons (Fsp3) is 0. The van der Waals surface area contributed by atoms with Crippen LogP contribution in [0.25, 0.3) is 5.70 Å². The number of allylic oxidation sites excluding steroid dienone is 2. The fourth-order valence-electron chi connectivity index (χ4n) is 0.753. The number of aromatic amines is 1. The second-order valence-electron chi connectivity index (χ2n) is 1.95. The van der Waals surface area contributed by atoms with Gasteiger partial charge in [0.15, 0.2) is 12.3 Å². The zero-order valence-electron chi connectivity index (χ0n) is 6.37. The van der Waals surface area contributed by atoms with E-state index in [2.05, 4.69) is 21.5 Å². The maximum Gasteiger partial charge on any atom is 0.176 e. The fourth-order valence-corrected chi connectivity index (χ4v) is 0.753. The van der Waals surface area contributed by atoms with E-state index in [4.69, 9.17) is 0 Å². The van der Waals surface area contributed by atoms with Crippen LogP contribution < -0.4 is 0 Å². The standard InChI is InChI=1S/C8H8FN3/c1-2-3-7(12-6-9)8-10-4-5-11-8/h2-6H,1H2,(H,10,11)/b7-3-,12-6+. The van der Waals surface area contributed by atoms with Crippen molar-refractivity contribution in [3.63, 3.8) is 0 Å². The summed E-state index contributed by atoms with van der Waals surface area (Å²) in [6.45, 7) is 3.70. The largest absolute Gasteiger partial charge is 0.343 e. The number of halogens is 1. The zero-order valence-corrected chi connectivity index (χ0v) is 6.37. The van der Waals surface area contributed by atoms with Gasteiger partial charge in [0.2, 0.25) is 0 Å². The lowest BCUT2D eigenvalue weighted by atomic mass is 10.4. The molecule has 62 valence electrons. The molecule has 0 atom stereocenters. The molecule has 3 nitrogen and oxygen atoms in total.